The van der Waals surface area contributed by atoms with E-state index in [4.69, 9.17) is 0 Å². The Morgan fingerprint density at radius 1 is 0.654 bits per heavy atom. The van der Waals surface area contributed by atoms with Gasteiger partial charge in [0.25, 0.3) is 5.67 Å². The summed E-state index contributed by atoms with van der Waals surface area (Å²) in [7, 11) is 0. The molecule has 0 aliphatic carbocycles. The zero-order chi connectivity index (χ0) is 20.6. The molecule has 2 unspecified atom stereocenters. The topological polar surface area (TPSA) is 0 Å². The number of unbranched alkanes of at least 4 members (excludes halogenated alkanes) is 7. The van der Waals surface area contributed by atoms with E-state index in [0.29, 0.717) is 12.8 Å². The van der Waals surface area contributed by atoms with Crippen LogP contribution in [0.25, 0.3) is 0 Å². The first-order valence-corrected chi connectivity index (χ1v) is 9.79. The first-order chi connectivity index (χ1) is 11.7. The van der Waals surface area contributed by atoms with E-state index < -0.39 is 34.3 Å². The number of hydrogen-bond acceptors (Lipinski definition) is 0. The summed E-state index contributed by atoms with van der Waals surface area (Å²) in [5.41, 5.74) is -5.63. The van der Waals surface area contributed by atoms with Crippen LogP contribution < -0.4 is 0 Å². The molecule has 10 heteroatoms. The van der Waals surface area contributed by atoms with Crippen LogP contribution in [0.1, 0.15) is 71.1 Å². The Morgan fingerprint density at radius 2 is 1.08 bits per heavy atom. The maximum Gasteiger partial charge on any atom is 0.457 e. The van der Waals surface area contributed by atoms with E-state index in [-0.39, 0.29) is 6.42 Å². The van der Waals surface area contributed by atoms with Gasteiger partial charge in [0.15, 0.2) is 0 Å². The SMILES string of the molecule is CCCCCCCCCCC(I)CC(F)(C(F)(F)F)C(F)(F)C(F)(F)F. The fourth-order valence-corrected chi connectivity index (χ4v) is 3.60. The lowest BCUT2D eigenvalue weighted by Gasteiger charge is -2.37. The van der Waals surface area contributed by atoms with Crippen molar-refractivity contribution >= 4 is 22.6 Å². The van der Waals surface area contributed by atoms with Crippen molar-refractivity contribution in [2.75, 3.05) is 0 Å². The van der Waals surface area contributed by atoms with E-state index in [2.05, 4.69) is 6.92 Å². The molecule has 0 bridgehead atoms. The summed E-state index contributed by atoms with van der Waals surface area (Å²) in [6.07, 6.45) is -7.94. The van der Waals surface area contributed by atoms with Gasteiger partial charge in [-0.15, -0.1) is 0 Å². The minimum absolute atomic E-state index is 0.0504. The Balaban J connectivity index is 4.62. The third kappa shape index (κ3) is 7.26. The summed E-state index contributed by atoms with van der Waals surface area (Å²) in [6.45, 7) is 2.06. The lowest BCUT2D eigenvalue weighted by molar-refractivity contribution is -0.384. The summed E-state index contributed by atoms with van der Waals surface area (Å²) >= 11 is 1.31. The van der Waals surface area contributed by atoms with Crippen molar-refractivity contribution in [1.82, 2.24) is 0 Å². The van der Waals surface area contributed by atoms with Gasteiger partial charge in [-0.25, -0.2) is 4.39 Å². The summed E-state index contributed by atoms with van der Waals surface area (Å²) < 4.78 is 114. The van der Waals surface area contributed by atoms with Crippen molar-refractivity contribution in [3.63, 3.8) is 0 Å². The van der Waals surface area contributed by atoms with E-state index in [1.165, 1.54) is 22.6 Å². The molecular formula is C16H24F9I. The highest BCUT2D eigenvalue weighted by atomic mass is 127. The molecule has 0 radical (unpaired) electrons. The van der Waals surface area contributed by atoms with E-state index in [0.717, 1.165) is 38.5 Å². The summed E-state index contributed by atoms with van der Waals surface area (Å²) in [4.78, 5) is 0. The summed E-state index contributed by atoms with van der Waals surface area (Å²) in [5, 5.41) is 0. The molecule has 0 aromatic carbocycles. The molecule has 158 valence electrons. The maximum atomic E-state index is 14.0. The number of hydrogen-bond donors (Lipinski definition) is 0. The highest BCUT2D eigenvalue weighted by Gasteiger charge is 2.80. The van der Waals surface area contributed by atoms with Crippen molar-refractivity contribution in [3.8, 4) is 0 Å². The van der Waals surface area contributed by atoms with E-state index in [1.54, 1.807) is 0 Å². The molecule has 0 saturated heterocycles. The summed E-state index contributed by atoms with van der Waals surface area (Å²) in [6, 6.07) is 0. The number of alkyl halides is 10. The highest BCUT2D eigenvalue weighted by Crippen LogP contribution is 2.55. The third-order valence-electron chi connectivity index (χ3n) is 4.18. The van der Waals surface area contributed by atoms with Crippen LogP contribution in [0.2, 0.25) is 0 Å². The molecule has 0 N–H and O–H groups in total. The molecule has 0 aromatic heterocycles. The van der Waals surface area contributed by atoms with Gasteiger partial charge < -0.3 is 0 Å². The van der Waals surface area contributed by atoms with Crippen LogP contribution in [0.5, 0.6) is 0 Å². The van der Waals surface area contributed by atoms with Crippen LogP contribution in [-0.2, 0) is 0 Å². The van der Waals surface area contributed by atoms with Crippen LogP contribution in [0, 0.1) is 0 Å². The third-order valence-corrected chi connectivity index (χ3v) is 5.24. The molecule has 0 saturated carbocycles. The van der Waals surface area contributed by atoms with Crippen LogP contribution in [0.4, 0.5) is 39.5 Å². The molecule has 0 nitrogen and oxygen atoms in total. The van der Waals surface area contributed by atoms with Gasteiger partial charge in [0.1, 0.15) is 0 Å². The zero-order valence-corrected chi connectivity index (χ0v) is 16.6. The normalized spacial score (nSPS) is 17.2. The molecule has 0 spiro atoms. The fraction of sp³-hybridized carbons (Fsp3) is 1.00. The number of halogens is 10. The predicted octanol–water partition coefficient (Wildman–Crippen LogP) is 8.18. The average Bonchev–Trinajstić information content (AvgIpc) is 2.47. The summed E-state index contributed by atoms with van der Waals surface area (Å²) in [5.74, 6) is -6.50. The molecule has 0 amide bonds. The Bertz CT molecular complexity index is 392. The smallest absolute Gasteiger partial charge is 0.227 e. The Kier molecular flexibility index (Phi) is 10.6. The van der Waals surface area contributed by atoms with Crippen molar-refractivity contribution in [1.29, 1.82) is 0 Å². The lowest BCUT2D eigenvalue weighted by atomic mass is 9.89. The first kappa shape index (κ1) is 26.1. The Hall–Kier alpha value is 0.1000. The lowest BCUT2D eigenvalue weighted by Crippen LogP contribution is -2.62. The highest BCUT2D eigenvalue weighted by molar-refractivity contribution is 14.1. The Morgan fingerprint density at radius 3 is 1.46 bits per heavy atom. The van der Waals surface area contributed by atoms with Crippen LogP contribution in [0.3, 0.4) is 0 Å². The number of rotatable bonds is 12. The van der Waals surface area contributed by atoms with Crippen molar-refractivity contribution < 1.29 is 39.5 Å². The molecule has 0 aliphatic rings. The second kappa shape index (κ2) is 10.6. The molecular weight excluding hydrogens is 490 g/mol. The molecule has 0 rings (SSSR count). The van der Waals surface area contributed by atoms with E-state index in [1.807, 2.05) is 0 Å². The minimum atomic E-state index is -6.62. The predicted molar refractivity (Wildman–Crippen MR) is 90.5 cm³/mol. The van der Waals surface area contributed by atoms with Crippen LogP contribution in [-0.4, -0.2) is 27.9 Å². The molecule has 0 heterocycles. The van der Waals surface area contributed by atoms with Crippen molar-refractivity contribution in [2.45, 2.75) is 99.0 Å². The van der Waals surface area contributed by atoms with Gasteiger partial charge in [-0.1, -0.05) is 80.9 Å². The zero-order valence-electron chi connectivity index (χ0n) is 14.4. The van der Waals surface area contributed by atoms with Gasteiger partial charge in [0.05, 0.1) is 0 Å². The van der Waals surface area contributed by atoms with Gasteiger partial charge in [-0.3, -0.25) is 0 Å². The monoisotopic (exact) mass is 514 g/mol. The van der Waals surface area contributed by atoms with Gasteiger partial charge in [-0.2, -0.15) is 35.1 Å². The Labute approximate surface area is 161 Å². The van der Waals surface area contributed by atoms with Gasteiger partial charge in [-0.05, 0) is 6.42 Å². The minimum Gasteiger partial charge on any atom is -0.227 e. The van der Waals surface area contributed by atoms with Crippen LogP contribution >= 0.6 is 22.6 Å². The standard InChI is InChI=1S/C16H24F9I/c1-2-3-4-5-6-7-8-9-10-12(26)11-13(17,15(20,21)22)14(18,19)16(23,24)25/h12H,2-11H2,1H3. The quantitative estimate of drug-likeness (QED) is 0.107. The largest absolute Gasteiger partial charge is 0.457 e. The second-order valence-corrected chi connectivity index (χ2v) is 8.20. The van der Waals surface area contributed by atoms with Crippen molar-refractivity contribution in [2.24, 2.45) is 0 Å². The van der Waals surface area contributed by atoms with E-state index in [9.17, 15) is 39.5 Å². The van der Waals surface area contributed by atoms with Gasteiger partial charge in [0.2, 0.25) is 0 Å². The molecule has 0 fully saturated rings. The van der Waals surface area contributed by atoms with Crippen LogP contribution in [0.15, 0.2) is 0 Å². The molecule has 0 aliphatic heterocycles. The van der Waals surface area contributed by atoms with Gasteiger partial charge >= 0.3 is 18.3 Å². The molecule has 0 aromatic rings. The van der Waals surface area contributed by atoms with Crippen molar-refractivity contribution in [3.05, 3.63) is 0 Å². The molecule has 26 heavy (non-hydrogen) atoms. The second-order valence-electron chi connectivity index (χ2n) is 6.44. The van der Waals surface area contributed by atoms with E-state index >= 15 is 0 Å². The first-order valence-electron chi connectivity index (χ1n) is 8.55. The van der Waals surface area contributed by atoms with Gasteiger partial charge in [0, 0.05) is 10.3 Å². The average molecular weight is 514 g/mol. The molecule has 2 atom stereocenters. The fourth-order valence-electron chi connectivity index (χ4n) is 2.55. The maximum absolute atomic E-state index is 14.0.